The fourth-order valence-corrected chi connectivity index (χ4v) is 2.41. The van der Waals surface area contributed by atoms with Gasteiger partial charge in [-0.2, -0.15) is 0 Å². The van der Waals surface area contributed by atoms with Crippen LogP contribution in [0.2, 0.25) is 0 Å². The predicted octanol–water partition coefficient (Wildman–Crippen LogP) is 1.78. The third kappa shape index (κ3) is 3.70. The number of oxime groups is 1. The molecule has 0 radical (unpaired) electrons. The zero-order chi connectivity index (χ0) is 11.3. The van der Waals surface area contributed by atoms with Crippen molar-refractivity contribution in [1.82, 2.24) is 4.90 Å². The van der Waals surface area contributed by atoms with E-state index in [0.717, 1.165) is 6.54 Å². The number of nitrogens with zero attached hydrogens (tertiary/aromatic N) is 2. The maximum atomic E-state index is 8.55. The smallest absolute Gasteiger partial charge is 0.140 e. The van der Waals surface area contributed by atoms with E-state index in [0.29, 0.717) is 24.3 Å². The number of nitrogens with two attached hydrogens (primary N) is 1. The summed E-state index contributed by atoms with van der Waals surface area (Å²) in [6, 6.07) is 0.989. The molecule has 1 aliphatic heterocycles. The van der Waals surface area contributed by atoms with Gasteiger partial charge in [0.05, 0.1) is 0 Å². The fourth-order valence-electron chi connectivity index (χ4n) is 2.41. The molecule has 2 atom stereocenters. The number of rotatable bonds is 3. The van der Waals surface area contributed by atoms with Gasteiger partial charge < -0.3 is 10.9 Å². The molecule has 0 aromatic heterocycles. The molecule has 0 spiro atoms. The first-order valence-electron chi connectivity index (χ1n) is 5.87. The fraction of sp³-hybridized carbons (Fsp3) is 0.909. The van der Waals surface area contributed by atoms with Crippen LogP contribution in [0, 0.1) is 0 Å². The lowest BCUT2D eigenvalue weighted by Gasteiger charge is -2.32. The number of hydrogen-bond acceptors (Lipinski definition) is 3. The second-order valence-electron chi connectivity index (χ2n) is 4.58. The standard InChI is InChI=1S/C11H23N3O/c1-9-6-4-3-5-7-14(9)10(2)8-11(12)13-15/h9-10,15H,3-8H2,1-2H3,(H2,12,13). The predicted molar refractivity (Wildman–Crippen MR) is 62.1 cm³/mol. The first-order valence-corrected chi connectivity index (χ1v) is 5.87. The largest absolute Gasteiger partial charge is 0.409 e. The summed E-state index contributed by atoms with van der Waals surface area (Å²) in [5, 5.41) is 11.6. The molecule has 1 rings (SSSR count). The second-order valence-corrected chi connectivity index (χ2v) is 4.58. The molecular formula is C11H23N3O. The molecule has 0 aliphatic carbocycles. The number of amidine groups is 1. The Balaban J connectivity index is 2.51. The van der Waals surface area contributed by atoms with E-state index < -0.39 is 0 Å². The summed E-state index contributed by atoms with van der Waals surface area (Å²) in [6.07, 6.45) is 5.84. The summed E-state index contributed by atoms with van der Waals surface area (Å²) >= 11 is 0. The van der Waals surface area contributed by atoms with Crippen LogP contribution in [-0.2, 0) is 0 Å². The van der Waals surface area contributed by atoms with E-state index in [4.69, 9.17) is 10.9 Å². The van der Waals surface area contributed by atoms with Gasteiger partial charge in [-0.25, -0.2) is 0 Å². The second kappa shape index (κ2) is 5.95. The summed E-state index contributed by atoms with van der Waals surface area (Å²) in [5.74, 6) is 0.332. The quantitative estimate of drug-likeness (QED) is 0.325. The summed E-state index contributed by atoms with van der Waals surface area (Å²) in [7, 11) is 0. The molecule has 2 unspecified atom stereocenters. The molecule has 1 heterocycles. The van der Waals surface area contributed by atoms with E-state index in [-0.39, 0.29) is 0 Å². The summed E-state index contributed by atoms with van der Waals surface area (Å²) in [6.45, 7) is 5.56. The number of likely N-dealkylation sites (tertiary alicyclic amines) is 1. The molecule has 0 amide bonds. The summed E-state index contributed by atoms with van der Waals surface area (Å²) in [4.78, 5) is 2.48. The van der Waals surface area contributed by atoms with Crippen molar-refractivity contribution in [2.45, 2.75) is 58.0 Å². The van der Waals surface area contributed by atoms with Crippen LogP contribution < -0.4 is 5.73 Å². The van der Waals surface area contributed by atoms with Crippen molar-refractivity contribution in [2.24, 2.45) is 10.9 Å². The molecule has 88 valence electrons. The Morgan fingerprint density at radius 3 is 2.93 bits per heavy atom. The summed E-state index contributed by atoms with van der Waals surface area (Å²) in [5.41, 5.74) is 5.54. The maximum Gasteiger partial charge on any atom is 0.140 e. The lowest BCUT2D eigenvalue weighted by atomic mass is 10.1. The number of hydrogen-bond donors (Lipinski definition) is 2. The summed E-state index contributed by atoms with van der Waals surface area (Å²) < 4.78 is 0. The van der Waals surface area contributed by atoms with Crippen LogP contribution in [0.15, 0.2) is 5.16 Å². The first-order chi connectivity index (χ1) is 7.15. The maximum absolute atomic E-state index is 8.55. The molecule has 3 N–H and O–H groups in total. The van der Waals surface area contributed by atoms with Crippen LogP contribution in [0.5, 0.6) is 0 Å². The monoisotopic (exact) mass is 213 g/mol. The Bertz CT molecular complexity index is 218. The average molecular weight is 213 g/mol. The van der Waals surface area contributed by atoms with Crippen molar-refractivity contribution >= 4 is 5.84 Å². The van der Waals surface area contributed by atoms with Gasteiger partial charge in [0.15, 0.2) is 0 Å². The molecular weight excluding hydrogens is 190 g/mol. The van der Waals surface area contributed by atoms with Gasteiger partial charge in [0, 0.05) is 18.5 Å². The minimum Gasteiger partial charge on any atom is -0.409 e. The van der Waals surface area contributed by atoms with Gasteiger partial charge in [-0.05, 0) is 33.2 Å². The molecule has 15 heavy (non-hydrogen) atoms. The van der Waals surface area contributed by atoms with Crippen LogP contribution >= 0.6 is 0 Å². The normalized spacial score (nSPS) is 27.3. The van der Waals surface area contributed by atoms with Gasteiger partial charge in [-0.1, -0.05) is 18.0 Å². The van der Waals surface area contributed by atoms with E-state index in [2.05, 4.69) is 23.9 Å². The Morgan fingerprint density at radius 1 is 1.53 bits per heavy atom. The van der Waals surface area contributed by atoms with Crippen molar-refractivity contribution in [3.8, 4) is 0 Å². The van der Waals surface area contributed by atoms with Gasteiger partial charge in [0.1, 0.15) is 5.84 Å². The topological polar surface area (TPSA) is 61.8 Å². The van der Waals surface area contributed by atoms with Crippen molar-refractivity contribution in [1.29, 1.82) is 0 Å². The minimum absolute atomic E-state index is 0.332. The van der Waals surface area contributed by atoms with Crippen LogP contribution in [0.25, 0.3) is 0 Å². The van der Waals surface area contributed by atoms with Crippen LogP contribution in [0.3, 0.4) is 0 Å². The third-order valence-corrected chi connectivity index (χ3v) is 3.30. The van der Waals surface area contributed by atoms with E-state index in [1.165, 1.54) is 25.7 Å². The molecule has 4 nitrogen and oxygen atoms in total. The third-order valence-electron chi connectivity index (χ3n) is 3.30. The first kappa shape index (κ1) is 12.3. The highest BCUT2D eigenvalue weighted by atomic mass is 16.4. The van der Waals surface area contributed by atoms with Crippen LogP contribution in [-0.4, -0.2) is 34.6 Å². The average Bonchev–Trinajstić information content (AvgIpc) is 2.42. The van der Waals surface area contributed by atoms with Gasteiger partial charge in [0.2, 0.25) is 0 Å². The molecule has 0 saturated carbocycles. The van der Waals surface area contributed by atoms with Gasteiger partial charge in [0.25, 0.3) is 0 Å². The highest BCUT2D eigenvalue weighted by Gasteiger charge is 2.22. The minimum atomic E-state index is 0.332. The molecule has 0 aromatic carbocycles. The SMILES string of the molecule is CC1CCCCCN1C(C)CC(N)=NO. The molecule has 0 aromatic rings. The van der Waals surface area contributed by atoms with Crippen LogP contribution in [0.1, 0.15) is 46.0 Å². The van der Waals surface area contributed by atoms with Crippen molar-refractivity contribution in [2.75, 3.05) is 6.54 Å². The Labute approximate surface area is 92.1 Å². The highest BCUT2D eigenvalue weighted by Crippen LogP contribution is 2.19. The van der Waals surface area contributed by atoms with E-state index in [9.17, 15) is 0 Å². The molecule has 1 saturated heterocycles. The van der Waals surface area contributed by atoms with E-state index in [1.54, 1.807) is 0 Å². The van der Waals surface area contributed by atoms with Crippen LogP contribution in [0.4, 0.5) is 0 Å². The Morgan fingerprint density at radius 2 is 2.27 bits per heavy atom. The van der Waals surface area contributed by atoms with E-state index in [1.807, 2.05) is 0 Å². The zero-order valence-corrected chi connectivity index (χ0v) is 9.82. The lowest BCUT2D eigenvalue weighted by Crippen LogP contribution is -2.41. The zero-order valence-electron chi connectivity index (χ0n) is 9.82. The Kier molecular flexibility index (Phi) is 4.88. The van der Waals surface area contributed by atoms with Crippen molar-refractivity contribution in [3.05, 3.63) is 0 Å². The van der Waals surface area contributed by atoms with Crippen molar-refractivity contribution < 1.29 is 5.21 Å². The van der Waals surface area contributed by atoms with Crippen molar-refractivity contribution in [3.63, 3.8) is 0 Å². The molecule has 0 bridgehead atoms. The van der Waals surface area contributed by atoms with E-state index >= 15 is 0 Å². The molecule has 1 aliphatic rings. The highest BCUT2D eigenvalue weighted by molar-refractivity contribution is 5.80. The molecule has 1 fully saturated rings. The molecule has 4 heteroatoms. The van der Waals surface area contributed by atoms with Gasteiger partial charge in [-0.3, -0.25) is 4.90 Å². The lowest BCUT2D eigenvalue weighted by molar-refractivity contribution is 0.160. The van der Waals surface area contributed by atoms with Gasteiger partial charge in [-0.15, -0.1) is 0 Å². The Hall–Kier alpha value is -0.770. The van der Waals surface area contributed by atoms with Gasteiger partial charge >= 0.3 is 0 Å².